The molecule has 2 rings (SSSR count). The Morgan fingerprint density at radius 1 is 0.769 bits per heavy atom. The first-order valence-electron chi connectivity index (χ1n) is 7.46. The van der Waals surface area contributed by atoms with E-state index in [0.29, 0.717) is 11.1 Å². The van der Waals surface area contributed by atoms with E-state index in [1.807, 2.05) is 0 Å². The van der Waals surface area contributed by atoms with E-state index >= 15 is 0 Å². The van der Waals surface area contributed by atoms with Gasteiger partial charge in [-0.3, -0.25) is 0 Å². The number of halogens is 5. The van der Waals surface area contributed by atoms with Gasteiger partial charge in [0.05, 0.1) is 19.8 Å². The van der Waals surface area contributed by atoms with E-state index in [1.54, 1.807) is 0 Å². The van der Waals surface area contributed by atoms with Gasteiger partial charge in [-0.05, 0) is 35.4 Å². The predicted molar refractivity (Wildman–Crippen MR) is 92.7 cm³/mol. The van der Waals surface area contributed by atoms with Gasteiger partial charge in [-0.25, -0.2) is 17.6 Å². The standard InChI is InChI=1S/C9H9BrF2O.C9H10F2O2/c1-13-5-6-2-8(11)7(4-10)9(12)3-6;1-13-5-6-2-8(10)7(4-12)9(11)3-6/h2-3H,4-5H2,1H3;2-3,12H,4-5H2,1H3. The highest BCUT2D eigenvalue weighted by atomic mass is 79.9. The topological polar surface area (TPSA) is 38.7 Å². The molecule has 26 heavy (non-hydrogen) atoms. The summed E-state index contributed by atoms with van der Waals surface area (Å²) < 4.78 is 61.7. The van der Waals surface area contributed by atoms with Gasteiger partial charge < -0.3 is 14.6 Å². The van der Waals surface area contributed by atoms with Crippen LogP contribution in [0.15, 0.2) is 24.3 Å². The average Bonchev–Trinajstić information content (AvgIpc) is 2.55. The predicted octanol–water partition coefficient (Wildman–Crippen LogP) is 4.61. The summed E-state index contributed by atoms with van der Waals surface area (Å²) in [6.07, 6.45) is 0. The fourth-order valence-electron chi connectivity index (χ4n) is 2.09. The zero-order chi connectivity index (χ0) is 19.7. The summed E-state index contributed by atoms with van der Waals surface area (Å²) in [4.78, 5) is 0. The van der Waals surface area contributed by atoms with Gasteiger partial charge in [0.2, 0.25) is 0 Å². The third-order valence-corrected chi connectivity index (χ3v) is 3.88. The third-order valence-electron chi connectivity index (χ3n) is 3.32. The molecule has 144 valence electrons. The Bertz CT molecular complexity index is 618. The van der Waals surface area contributed by atoms with E-state index < -0.39 is 29.9 Å². The number of benzene rings is 2. The Balaban J connectivity index is 0.000000260. The lowest BCUT2D eigenvalue weighted by molar-refractivity contribution is 0.184. The Morgan fingerprint density at radius 3 is 1.38 bits per heavy atom. The molecule has 2 aromatic rings. The van der Waals surface area contributed by atoms with Crippen LogP contribution < -0.4 is 0 Å². The molecule has 1 N–H and O–H groups in total. The molecule has 0 saturated carbocycles. The van der Waals surface area contributed by atoms with Gasteiger partial charge in [0, 0.05) is 30.7 Å². The maximum atomic E-state index is 13.1. The van der Waals surface area contributed by atoms with Gasteiger partial charge in [-0.15, -0.1) is 0 Å². The Morgan fingerprint density at radius 2 is 1.12 bits per heavy atom. The summed E-state index contributed by atoms with van der Waals surface area (Å²) in [5.74, 6) is -2.56. The molecule has 0 spiro atoms. The van der Waals surface area contributed by atoms with E-state index in [2.05, 4.69) is 15.9 Å². The van der Waals surface area contributed by atoms with Crippen LogP contribution in [0.3, 0.4) is 0 Å². The zero-order valence-electron chi connectivity index (χ0n) is 14.3. The molecule has 8 heteroatoms. The van der Waals surface area contributed by atoms with Gasteiger partial charge in [-0.1, -0.05) is 15.9 Å². The summed E-state index contributed by atoms with van der Waals surface area (Å²) in [6.45, 7) is -0.263. The quantitative estimate of drug-likeness (QED) is 0.528. The van der Waals surface area contributed by atoms with Crippen molar-refractivity contribution in [2.75, 3.05) is 14.2 Å². The van der Waals surface area contributed by atoms with Gasteiger partial charge in [0.1, 0.15) is 23.3 Å². The van der Waals surface area contributed by atoms with Gasteiger partial charge in [-0.2, -0.15) is 0 Å². The van der Waals surface area contributed by atoms with Crippen LogP contribution in [-0.4, -0.2) is 19.3 Å². The smallest absolute Gasteiger partial charge is 0.132 e. The highest BCUT2D eigenvalue weighted by Crippen LogP contribution is 2.18. The molecule has 0 atom stereocenters. The number of alkyl halides is 1. The molecule has 0 aliphatic heterocycles. The summed E-state index contributed by atoms with van der Waals surface area (Å²) >= 11 is 3.01. The lowest BCUT2D eigenvalue weighted by Gasteiger charge is -2.04. The molecule has 0 saturated heterocycles. The van der Waals surface area contributed by atoms with Crippen LogP contribution in [0.4, 0.5) is 17.6 Å². The molecule has 0 aliphatic rings. The van der Waals surface area contributed by atoms with E-state index in [1.165, 1.54) is 26.4 Å². The first-order valence-corrected chi connectivity index (χ1v) is 8.58. The lowest BCUT2D eigenvalue weighted by atomic mass is 10.1. The monoisotopic (exact) mass is 438 g/mol. The Hall–Kier alpha value is -1.48. The maximum Gasteiger partial charge on any atom is 0.132 e. The summed E-state index contributed by atoms with van der Waals surface area (Å²) in [5.41, 5.74) is 0.664. The van der Waals surface area contributed by atoms with Gasteiger partial charge >= 0.3 is 0 Å². The molecule has 0 heterocycles. The minimum absolute atomic E-state index is 0.0554. The van der Waals surface area contributed by atoms with E-state index in [9.17, 15) is 17.6 Å². The Labute approximate surface area is 157 Å². The van der Waals surface area contributed by atoms with Crippen LogP contribution in [-0.2, 0) is 34.6 Å². The van der Waals surface area contributed by atoms with Crippen molar-refractivity contribution < 1.29 is 32.1 Å². The van der Waals surface area contributed by atoms with E-state index in [-0.39, 0.29) is 29.7 Å². The second-order valence-electron chi connectivity index (χ2n) is 5.23. The molecular weight excluding hydrogens is 420 g/mol. The fourth-order valence-corrected chi connectivity index (χ4v) is 2.63. The Kier molecular flexibility index (Phi) is 9.79. The first-order chi connectivity index (χ1) is 12.4. The molecule has 0 unspecified atom stereocenters. The molecule has 0 bridgehead atoms. The highest BCUT2D eigenvalue weighted by molar-refractivity contribution is 9.08. The molecule has 2 aromatic carbocycles. The van der Waals surface area contributed by atoms with Crippen molar-refractivity contribution >= 4 is 15.9 Å². The maximum absolute atomic E-state index is 13.1. The van der Waals surface area contributed by atoms with Crippen molar-refractivity contribution in [3.63, 3.8) is 0 Å². The molecule has 0 radical (unpaired) electrons. The second kappa shape index (κ2) is 11.3. The number of ether oxygens (including phenoxy) is 2. The van der Waals surface area contributed by atoms with E-state index in [4.69, 9.17) is 14.6 Å². The number of methoxy groups -OCH3 is 2. The van der Waals surface area contributed by atoms with Crippen LogP contribution >= 0.6 is 15.9 Å². The minimum atomic E-state index is -0.741. The summed E-state index contributed by atoms with van der Waals surface area (Å²) in [6, 6.07) is 4.86. The lowest BCUT2D eigenvalue weighted by Crippen LogP contribution is -1.98. The van der Waals surface area contributed by atoms with Crippen LogP contribution in [0.5, 0.6) is 0 Å². The van der Waals surface area contributed by atoms with Crippen molar-refractivity contribution in [2.45, 2.75) is 25.2 Å². The van der Waals surface area contributed by atoms with Gasteiger partial charge in [0.25, 0.3) is 0 Å². The van der Waals surface area contributed by atoms with Crippen LogP contribution in [0.25, 0.3) is 0 Å². The summed E-state index contributed by atoms with van der Waals surface area (Å²) in [5, 5.41) is 8.79. The number of hydrogen-bond donors (Lipinski definition) is 1. The first kappa shape index (κ1) is 22.6. The van der Waals surface area contributed by atoms with Crippen molar-refractivity contribution in [2.24, 2.45) is 0 Å². The highest BCUT2D eigenvalue weighted by Gasteiger charge is 2.10. The van der Waals surface area contributed by atoms with Gasteiger partial charge in [0.15, 0.2) is 0 Å². The van der Waals surface area contributed by atoms with Crippen molar-refractivity contribution in [3.8, 4) is 0 Å². The minimum Gasteiger partial charge on any atom is -0.391 e. The molecule has 0 amide bonds. The van der Waals surface area contributed by atoms with Crippen LogP contribution in [0, 0.1) is 23.3 Å². The molecule has 0 aliphatic carbocycles. The summed E-state index contributed by atoms with van der Waals surface area (Å²) in [7, 11) is 2.92. The SMILES string of the molecule is COCc1cc(F)c(CBr)c(F)c1.COCc1cc(F)c(CO)c(F)c1. The molecular formula is C18H19BrF4O3. The van der Waals surface area contributed by atoms with Crippen LogP contribution in [0.2, 0.25) is 0 Å². The van der Waals surface area contributed by atoms with Crippen molar-refractivity contribution in [3.05, 3.63) is 69.8 Å². The number of rotatable bonds is 6. The molecule has 3 nitrogen and oxygen atoms in total. The van der Waals surface area contributed by atoms with Crippen molar-refractivity contribution in [1.82, 2.24) is 0 Å². The number of hydrogen-bond acceptors (Lipinski definition) is 3. The third kappa shape index (κ3) is 6.35. The molecule has 0 aromatic heterocycles. The number of aliphatic hydroxyl groups excluding tert-OH is 1. The largest absolute Gasteiger partial charge is 0.391 e. The number of aliphatic hydroxyl groups is 1. The average molecular weight is 439 g/mol. The fraction of sp³-hybridized carbons (Fsp3) is 0.333. The molecule has 0 fully saturated rings. The zero-order valence-corrected chi connectivity index (χ0v) is 15.9. The van der Waals surface area contributed by atoms with E-state index in [0.717, 1.165) is 12.1 Å². The van der Waals surface area contributed by atoms with Crippen molar-refractivity contribution in [1.29, 1.82) is 0 Å². The second-order valence-corrected chi connectivity index (χ2v) is 5.79. The van der Waals surface area contributed by atoms with Crippen LogP contribution in [0.1, 0.15) is 22.3 Å². The normalized spacial score (nSPS) is 10.5.